The maximum absolute atomic E-state index is 12.5. The minimum Gasteiger partial charge on any atom is -0.462 e. The number of allylic oxidation sites excluding steroid dienone is 2. The van der Waals surface area contributed by atoms with Gasteiger partial charge in [-0.1, -0.05) is 74.0 Å². The first-order valence-corrected chi connectivity index (χ1v) is 15.6. The molecule has 0 aromatic carbocycles. The minimum absolute atomic E-state index is 0.0155. The molecule has 0 N–H and O–H groups in total. The van der Waals surface area contributed by atoms with Crippen molar-refractivity contribution in [2.45, 2.75) is 145 Å². The Balaban J connectivity index is 1.47. The summed E-state index contributed by atoms with van der Waals surface area (Å²) in [5.74, 6) is 2.19. The van der Waals surface area contributed by atoms with Crippen LogP contribution in [0.1, 0.15) is 139 Å². The third-order valence-corrected chi connectivity index (χ3v) is 13.7. The van der Waals surface area contributed by atoms with Gasteiger partial charge >= 0.3 is 5.97 Å². The molecule has 204 valence electrons. The molecule has 0 aromatic heterocycles. The van der Waals surface area contributed by atoms with Crippen molar-refractivity contribution in [3.8, 4) is 0 Å². The summed E-state index contributed by atoms with van der Waals surface area (Å²) in [7, 11) is 0. The molecule has 0 aliphatic heterocycles. The molecule has 0 bridgehead atoms. The molecule has 4 fully saturated rings. The van der Waals surface area contributed by atoms with Gasteiger partial charge in [-0.3, -0.25) is 4.79 Å². The summed E-state index contributed by atoms with van der Waals surface area (Å²) in [5, 5.41) is 0. The van der Waals surface area contributed by atoms with Gasteiger partial charge in [0.05, 0.1) is 0 Å². The van der Waals surface area contributed by atoms with Crippen LogP contribution in [0.5, 0.6) is 0 Å². The van der Waals surface area contributed by atoms with Crippen molar-refractivity contribution in [3.63, 3.8) is 0 Å². The van der Waals surface area contributed by atoms with E-state index in [0.717, 1.165) is 24.7 Å². The number of hydrogen-bond acceptors (Lipinski definition) is 2. The van der Waals surface area contributed by atoms with Crippen LogP contribution < -0.4 is 0 Å². The number of hydrogen-bond donors (Lipinski definition) is 0. The van der Waals surface area contributed by atoms with Crippen LogP contribution in [0.2, 0.25) is 0 Å². The molecule has 0 spiro atoms. The van der Waals surface area contributed by atoms with Crippen molar-refractivity contribution in [1.82, 2.24) is 0 Å². The zero-order valence-corrected chi connectivity index (χ0v) is 25.2. The summed E-state index contributed by atoms with van der Waals surface area (Å²) in [5.41, 5.74) is 3.84. The second-order valence-corrected chi connectivity index (χ2v) is 16.4. The number of esters is 1. The first-order chi connectivity index (χ1) is 16.6. The normalized spacial score (nSPS) is 49.0. The lowest BCUT2D eigenvalue weighted by atomic mass is 9.32. The monoisotopic (exact) mass is 496 g/mol. The average Bonchev–Trinajstić information content (AvgIpc) is 2.77. The van der Waals surface area contributed by atoms with E-state index in [0.29, 0.717) is 39.4 Å². The fourth-order valence-corrected chi connectivity index (χ4v) is 11.2. The lowest BCUT2D eigenvalue weighted by Gasteiger charge is -2.72. The van der Waals surface area contributed by atoms with Crippen LogP contribution in [0, 0.1) is 50.2 Å². The van der Waals surface area contributed by atoms with Crippen molar-refractivity contribution in [2.75, 3.05) is 0 Å². The number of ether oxygens (including phenoxy) is 1. The Bertz CT molecular complexity index is 927. The van der Waals surface area contributed by atoms with Crippen LogP contribution in [0.4, 0.5) is 0 Å². The fourth-order valence-electron chi connectivity index (χ4n) is 11.2. The Hall–Kier alpha value is -0.790. The van der Waals surface area contributed by atoms with E-state index in [1.165, 1.54) is 57.8 Å². The van der Waals surface area contributed by atoms with Crippen LogP contribution >= 0.6 is 0 Å². The third kappa shape index (κ3) is 3.65. The van der Waals surface area contributed by atoms with E-state index < -0.39 is 0 Å². The molecule has 0 unspecified atom stereocenters. The second-order valence-electron chi connectivity index (χ2n) is 16.4. The lowest BCUT2D eigenvalue weighted by Crippen LogP contribution is -2.66. The predicted molar refractivity (Wildman–Crippen MR) is 150 cm³/mol. The number of carbonyl (C=O) groups is 1. The summed E-state index contributed by atoms with van der Waals surface area (Å²) in [4.78, 5) is 12.5. The molecule has 5 rings (SSSR count). The van der Waals surface area contributed by atoms with E-state index in [4.69, 9.17) is 4.74 Å². The molecule has 5 aliphatic rings. The first-order valence-electron chi connectivity index (χ1n) is 15.6. The lowest BCUT2D eigenvalue weighted by molar-refractivity contribution is -0.233. The maximum atomic E-state index is 12.5. The van der Waals surface area contributed by atoms with Gasteiger partial charge < -0.3 is 4.74 Å². The van der Waals surface area contributed by atoms with E-state index in [1.54, 1.807) is 0 Å². The van der Waals surface area contributed by atoms with Crippen molar-refractivity contribution in [3.05, 3.63) is 11.6 Å². The highest BCUT2D eigenvalue weighted by Gasteiger charge is 2.69. The SMILES string of the molecule is CCCC(=O)O[C@H]1CC[C@@]2(C)[C@H](CC[C@]3(C)[C@@H]2CC[C@@H]2C4=CC(C)(C)CC[C@]4(C)CC[C@]23C)C1(C)C. The predicted octanol–water partition coefficient (Wildman–Crippen LogP) is 9.52. The quantitative estimate of drug-likeness (QED) is 0.287. The Morgan fingerprint density at radius 3 is 2.19 bits per heavy atom. The molecule has 8 atom stereocenters. The number of fused-ring (bicyclic) bond motifs is 7. The molecule has 0 heterocycles. The molecule has 0 saturated heterocycles. The molecule has 4 saturated carbocycles. The third-order valence-electron chi connectivity index (χ3n) is 13.7. The molecule has 36 heavy (non-hydrogen) atoms. The number of rotatable bonds is 3. The van der Waals surface area contributed by atoms with Gasteiger partial charge in [-0.05, 0) is 115 Å². The minimum atomic E-state index is 0.0155. The average molecular weight is 497 g/mol. The van der Waals surface area contributed by atoms with E-state index >= 15 is 0 Å². The van der Waals surface area contributed by atoms with Crippen molar-refractivity contribution >= 4 is 5.97 Å². The molecule has 0 aromatic rings. The molecule has 0 amide bonds. The largest absolute Gasteiger partial charge is 0.462 e. The van der Waals surface area contributed by atoms with Gasteiger partial charge in [0.25, 0.3) is 0 Å². The smallest absolute Gasteiger partial charge is 0.306 e. The van der Waals surface area contributed by atoms with Gasteiger partial charge in [0.1, 0.15) is 6.10 Å². The van der Waals surface area contributed by atoms with Gasteiger partial charge in [-0.2, -0.15) is 0 Å². The van der Waals surface area contributed by atoms with Crippen LogP contribution in [0.3, 0.4) is 0 Å². The van der Waals surface area contributed by atoms with Gasteiger partial charge in [-0.15, -0.1) is 0 Å². The summed E-state index contributed by atoms with van der Waals surface area (Å²) < 4.78 is 6.15. The van der Waals surface area contributed by atoms with Crippen LogP contribution in [0.15, 0.2) is 11.6 Å². The van der Waals surface area contributed by atoms with E-state index in [2.05, 4.69) is 68.4 Å². The molecular formula is C34H56O2. The van der Waals surface area contributed by atoms with E-state index in [9.17, 15) is 4.79 Å². The van der Waals surface area contributed by atoms with E-state index in [1.807, 2.05) is 5.57 Å². The molecule has 5 aliphatic carbocycles. The molecular weight excluding hydrogens is 440 g/mol. The Morgan fingerprint density at radius 1 is 0.806 bits per heavy atom. The Morgan fingerprint density at radius 2 is 1.50 bits per heavy atom. The Labute approximate surface area is 222 Å². The highest BCUT2D eigenvalue weighted by Crippen LogP contribution is 2.76. The maximum Gasteiger partial charge on any atom is 0.306 e. The number of carbonyl (C=O) groups excluding carboxylic acids is 1. The van der Waals surface area contributed by atoms with Gasteiger partial charge in [0.2, 0.25) is 0 Å². The second kappa shape index (κ2) is 8.35. The Kier molecular flexibility index (Phi) is 6.22. The van der Waals surface area contributed by atoms with Crippen molar-refractivity contribution < 1.29 is 9.53 Å². The summed E-state index contributed by atoms with van der Waals surface area (Å²) in [6.45, 7) is 22.6. The first kappa shape index (κ1) is 26.8. The topological polar surface area (TPSA) is 26.3 Å². The zero-order chi connectivity index (χ0) is 26.4. The van der Waals surface area contributed by atoms with Gasteiger partial charge in [0, 0.05) is 11.8 Å². The molecule has 2 nitrogen and oxygen atoms in total. The van der Waals surface area contributed by atoms with Crippen LogP contribution in [0.25, 0.3) is 0 Å². The summed E-state index contributed by atoms with van der Waals surface area (Å²) >= 11 is 0. The van der Waals surface area contributed by atoms with Gasteiger partial charge in [-0.25, -0.2) is 0 Å². The van der Waals surface area contributed by atoms with Crippen molar-refractivity contribution in [1.29, 1.82) is 0 Å². The van der Waals surface area contributed by atoms with Crippen molar-refractivity contribution in [2.24, 2.45) is 50.2 Å². The summed E-state index contributed by atoms with van der Waals surface area (Å²) in [6, 6.07) is 0. The standard InChI is InChI=1S/C34H56O2/c1-10-11-28(35)36-27-15-16-32(7)25(30(27,4)5)14-17-34(9)26(32)13-12-23-24-22-29(2,3)18-19-31(24,6)20-21-33(23,34)8/h22-23,25-27H,10-21H2,1-9H3/t23-,25-,26-,27+,31-,32+,33-,34-/m1/s1. The fraction of sp³-hybridized carbons (Fsp3) is 0.912. The van der Waals surface area contributed by atoms with E-state index in [-0.39, 0.29) is 17.5 Å². The highest BCUT2D eigenvalue weighted by atomic mass is 16.5. The van der Waals surface area contributed by atoms with Crippen LogP contribution in [-0.2, 0) is 9.53 Å². The van der Waals surface area contributed by atoms with Gasteiger partial charge in [0.15, 0.2) is 0 Å². The molecule has 0 radical (unpaired) electrons. The summed E-state index contributed by atoms with van der Waals surface area (Å²) in [6.07, 6.45) is 17.4. The zero-order valence-electron chi connectivity index (χ0n) is 25.2. The van der Waals surface area contributed by atoms with Crippen LogP contribution in [-0.4, -0.2) is 12.1 Å². The highest BCUT2D eigenvalue weighted by molar-refractivity contribution is 5.69. The molecule has 2 heteroatoms.